The Morgan fingerprint density at radius 2 is 1.89 bits per heavy atom. The molecule has 0 aliphatic rings. The zero-order valence-corrected chi connectivity index (χ0v) is 21.4. The number of hydrogen-bond donors (Lipinski definition) is 3. The molecular formula is C23H22ClN5O5S2. The zero-order chi connectivity index (χ0) is 25.9. The molecule has 36 heavy (non-hydrogen) atoms. The molecule has 4 aromatic rings. The highest BCUT2D eigenvalue weighted by molar-refractivity contribution is 7.94. The predicted molar refractivity (Wildman–Crippen MR) is 138 cm³/mol. The smallest absolute Gasteiger partial charge is 0.272 e. The predicted octanol–water partition coefficient (Wildman–Crippen LogP) is 3.10. The number of hydrogen-bond acceptors (Lipinski definition) is 7. The Bertz CT molecular complexity index is 1550. The van der Waals surface area contributed by atoms with Gasteiger partial charge in [0.15, 0.2) is 5.82 Å². The number of thiophene rings is 1. The minimum absolute atomic E-state index is 0.0659. The SMILES string of the molecule is COc1cccc2c1c(NS(=O)(=O)c1ccc(Cl)s1)nn2Cc1cccc(CNC(=O)CC(N)=O)c1. The molecule has 0 saturated heterocycles. The average molecular weight is 548 g/mol. The Kier molecular flexibility index (Phi) is 7.48. The van der Waals surface area contributed by atoms with Gasteiger partial charge in [0.2, 0.25) is 11.8 Å². The van der Waals surface area contributed by atoms with E-state index in [1.807, 2.05) is 30.3 Å². The third-order valence-corrected chi connectivity index (χ3v) is 8.21. The van der Waals surface area contributed by atoms with E-state index in [1.54, 1.807) is 16.8 Å². The average Bonchev–Trinajstić information content (AvgIpc) is 3.42. The maximum absolute atomic E-state index is 13.0. The molecular weight excluding hydrogens is 526 g/mol. The number of primary amides is 1. The summed E-state index contributed by atoms with van der Waals surface area (Å²) in [5.41, 5.74) is 7.39. The molecule has 13 heteroatoms. The zero-order valence-electron chi connectivity index (χ0n) is 19.0. The van der Waals surface area contributed by atoms with Crippen molar-refractivity contribution in [2.45, 2.75) is 23.7 Å². The molecule has 0 bridgehead atoms. The van der Waals surface area contributed by atoms with E-state index in [-0.39, 0.29) is 23.0 Å². The summed E-state index contributed by atoms with van der Waals surface area (Å²) in [5.74, 6) is -0.564. The summed E-state index contributed by atoms with van der Waals surface area (Å²) in [6.07, 6.45) is -0.378. The van der Waals surface area contributed by atoms with Crippen LogP contribution in [0.2, 0.25) is 4.34 Å². The van der Waals surface area contributed by atoms with Gasteiger partial charge in [-0.05, 0) is 35.4 Å². The fourth-order valence-electron chi connectivity index (χ4n) is 3.61. The van der Waals surface area contributed by atoms with Crippen molar-refractivity contribution in [3.8, 4) is 5.75 Å². The van der Waals surface area contributed by atoms with Crippen LogP contribution < -0.4 is 20.5 Å². The van der Waals surface area contributed by atoms with Crippen LogP contribution in [0.3, 0.4) is 0 Å². The molecule has 0 radical (unpaired) electrons. The number of anilines is 1. The van der Waals surface area contributed by atoms with Gasteiger partial charge in [0, 0.05) is 6.54 Å². The number of nitrogens with one attached hydrogen (secondary N) is 2. The highest BCUT2D eigenvalue weighted by Gasteiger charge is 2.23. The number of nitrogens with two attached hydrogens (primary N) is 1. The van der Waals surface area contributed by atoms with Crippen LogP contribution in [0.1, 0.15) is 17.5 Å². The summed E-state index contributed by atoms with van der Waals surface area (Å²) >= 11 is 6.87. The summed E-state index contributed by atoms with van der Waals surface area (Å²) < 4.78 is 36.0. The van der Waals surface area contributed by atoms with Crippen molar-refractivity contribution < 1.29 is 22.7 Å². The van der Waals surface area contributed by atoms with Crippen LogP contribution in [0.5, 0.6) is 5.75 Å². The van der Waals surface area contributed by atoms with Crippen molar-refractivity contribution in [3.63, 3.8) is 0 Å². The van der Waals surface area contributed by atoms with E-state index < -0.39 is 21.8 Å². The van der Waals surface area contributed by atoms with E-state index in [0.29, 0.717) is 27.5 Å². The molecule has 0 aliphatic carbocycles. The van der Waals surface area contributed by atoms with Crippen molar-refractivity contribution >= 4 is 61.5 Å². The Labute approximate surface area is 216 Å². The van der Waals surface area contributed by atoms with E-state index in [0.717, 1.165) is 22.5 Å². The third kappa shape index (κ3) is 5.78. The maximum atomic E-state index is 13.0. The lowest BCUT2D eigenvalue weighted by atomic mass is 10.1. The lowest BCUT2D eigenvalue weighted by molar-refractivity contribution is -0.127. The molecule has 2 amide bonds. The molecule has 10 nitrogen and oxygen atoms in total. The number of fused-ring (bicyclic) bond motifs is 1. The second kappa shape index (κ2) is 10.6. The van der Waals surface area contributed by atoms with Gasteiger partial charge >= 0.3 is 0 Å². The molecule has 4 rings (SSSR count). The van der Waals surface area contributed by atoms with Gasteiger partial charge < -0.3 is 15.8 Å². The normalized spacial score (nSPS) is 11.4. The molecule has 0 aliphatic heterocycles. The van der Waals surface area contributed by atoms with Crippen molar-refractivity contribution in [2.75, 3.05) is 11.8 Å². The van der Waals surface area contributed by atoms with Gasteiger partial charge in [-0.1, -0.05) is 41.9 Å². The number of halogens is 1. The van der Waals surface area contributed by atoms with Crippen LogP contribution in [0.4, 0.5) is 5.82 Å². The molecule has 0 unspecified atom stereocenters. The monoisotopic (exact) mass is 547 g/mol. The second-order valence-electron chi connectivity index (χ2n) is 7.76. The first-order valence-electron chi connectivity index (χ1n) is 10.6. The Morgan fingerprint density at radius 3 is 2.58 bits per heavy atom. The van der Waals surface area contributed by atoms with Crippen molar-refractivity contribution in [1.82, 2.24) is 15.1 Å². The second-order valence-corrected chi connectivity index (χ2v) is 11.4. The van der Waals surface area contributed by atoms with Gasteiger partial charge in [0.1, 0.15) is 16.4 Å². The lowest BCUT2D eigenvalue weighted by Gasteiger charge is -2.08. The molecule has 0 atom stereocenters. The van der Waals surface area contributed by atoms with Gasteiger partial charge in [-0.3, -0.25) is 19.0 Å². The van der Waals surface area contributed by atoms with Crippen LogP contribution in [0.25, 0.3) is 10.9 Å². The van der Waals surface area contributed by atoms with Crippen LogP contribution in [-0.2, 0) is 32.7 Å². The van der Waals surface area contributed by atoms with Gasteiger partial charge in [0.05, 0.1) is 28.9 Å². The van der Waals surface area contributed by atoms with Gasteiger partial charge in [-0.25, -0.2) is 8.42 Å². The number of aromatic nitrogens is 2. The topological polar surface area (TPSA) is 145 Å². The molecule has 4 N–H and O–H groups in total. The number of methoxy groups -OCH3 is 1. The number of carbonyl (C=O) groups is 2. The highest BCUT2D eigenvalue weighted by Crippen LogP contribution is 2.35. The largest absolute Gasteiger partial charge is 0.496 e. The summed E-state index contributed by atoms with van der Waals surface area (Å²) in [5, 5.41) is 7.71. The lowest BCUT2D eigenvalue weighted by Crippen LogP contribution is -2.28. The van der Waals surface area contributed by atoms with E-state index in [2.05, 4.69) is 15.1 Å². The van der Waals surface area contributed by atoms with Crippen molar-refractivity contribution in [3.05, 3.63) is 70.1 Å². The number of ether oxygens (including phenoxy) is 1. The number of rotatable bonds is 10. The summed E-state index contributed by atoms with van der Waals surface area (Å²) in [6, 6.07) is 15.7. The van der Waals surface area contributed by atoms with E-state index in [1.165, 1.54) is 19.2 Å². The van der Waals surface area contributed by atoms with E-state index >= 15 is 0 Å². The summed E-state index contributed by atoms with van der Waals surface area (Å²) in [4.78, 5) is 22.6. The fraction of sp³-hybridized carbons (Fsp3) is 0.174. The molecule has 0 spiro atoms. The van der Waals surface area contributed by atoms with E-state index in [4.69, 9.17) is 22.1 Å². The van der Waals surface area contributed by atoms with Crippen molar-refractivity contribution in [1.29, 1.82) is 0 Å². The number of sulfonamides is 1. The first-order valence-corrected chi connectivity index (χ1v) is 13.3. The Morgan fingerprint density at radius 1 is 1.14 bits per heavy atom. The number of nitrogens with zero attached hydrogens (tertiary/aromatic N) is 2. The van der Waals surface area contributed by atoms with Crippen LogP contribution in [0.15, 0.2) is 58.8 Å². The molecule has 188 valence electrons. The number of benzene rings is 2. The third-order valence-electron chi connectivity index (χ3n) is 5.15. The van der Waals surface area contributed by atoms with Crippen LogP contribution in [-0.4, -0.2) is 37.1 Å². The first-order chi connectivity index (χ1) is 17.2. The molecule has 2 aromatic heterocycles. The number of carbonyl (C=O) groups excluding carboxylic acids is 2. The number of amides is 2. The van der Waals surface area contributed by atoms with Gasteiger partial charge in [0.25, 0.3) is 10.0 Å². The summed E-state index contributed by atoms with van der Waals surface area (Å²) in [6.45, 7) is 0.543. The van der Waals surface area contributed by atoms with Crippen LogP contribution in [0, 0.1) is 0 Å². The quantitative estimate of drug-likeness (QED) is 0.260. The Hall–Kier alpha value is -3.61. The van der Waals surface area contributed by atoms with Gasteiger partial charge in [-0.15, -0.1) is 11.3 Å². The molecule has 0 saturated carbocycles. The van der Waals surface area contributed by atoms with Crippen LogP contribution >= 0.6 is 22.9 Å². The van der Waals surface area contributed by atoms with Gasteiger partial charge in [-0.2, -0.15) is 5.10 Å². The van der Waals surface area contributed by atoms with Crippen molar-refractivity contribution in [2.24, 2.45) is 5.73 Å². The highest BCUT2D eigenvalue weighted by atomic mass is 35.5. The maximum Gasteiger partial charge on any atom is 0.272 e. The van der Waals surface area contributed by atoms with E-state index in [9.17, 15) is 18.0 Å². The Balaban J connectivity index is 1.64. The fourth-order valence-corrected chi connectivity index (χ4v) is 6.10. The molecule has 0 fully saturated rings. The standard InChI is InChI=1S/C23H22ClN5O5S2/c1-34-17-7-3-6-16-22(17)23(28-36(32,33)21-9-8-18(24)35-21)27-29(16)13-15-5-2-4-14(10-15)12-26-20(31)11-19(25)30/h2-10H,11-13H2,1H3,(H2,25,30)(H,26,31)(H,27,28). The summed E-state index contributed by atoms with van der Waals surface area (Å²) in [7, 11) is -2.42. The minimum atomic E-state index is -3.92. The molecule has 2 heterocycles. The minimum Gasteiger partial charge on any atom is -0.496 e. The molecule has 2 aromatic carbocycles. The first kappa shape index (κ1) is 25.5.